The Balaban J connectivity index is 1.50. The lowest BCUT2D eigenvalue weighted by molar-refractivity contribution is 0.0127. The van der Waals surface area contributed by atoms with Crippen LogP contribution in [0, 0.1) is 0 Å². The summed E-state index contributed by atoms with van der Waals surface area (Å²) in [5, 5.41) is 21.9. The van der Waals surface area contributed by atoms with E-state index < -0.39 is 6.10 Å². The van der Waals surface area contributed by atoms with E-state index in [0.717, 1.165) is 18.6 Å². The SMILES string of the molecule is OC(CNC1CC(O)C1)COCc1ccco1. The van der Waals surface area contributed by atoms with E-state index in [4.69, 9.17) is 14.3 Å². The van der Waals surface area contributed by atoms with Crippen LogP contribution >= 0.6 is 0 Å². The van der Waals surface area contributed by atoms with Crippen molar-refractivity contribution in [2.24, 2.45) is 0 Å². The molecule has 1 aromatic heterocycles. The van der Waals surface area contributed by atoms with Crippen molar-refractivity contribution in [2.45, 2.75) is 37.7 Å². The monoisotopic (exact) mass is 241 g/mol. The van der Waals surface area contributed by atoms with Gasteiger partial charge in [-0.25, -0.2) is 0 Å². The molecule has 1 fully saturated rings. The highest BCUT2D eigenvalue weighted by molar-refractivity contribution is 4.96. The molecule has 1 aliphatic carbocycles. The summed E-state index contributed by atoms with van der Waals surface area (Å²) in [6.45, 7) is 1.16. The molecule has 5 nitrogen and oxygen atoms in total. The number of nitrogens with one attached hydrogen (secondary N) is 1. The summed E-state index contributed by atoms with van der Waals surface area (Å²) in [6.07, 6.45) is 2.46. The summed E-state index contributed by atoms with van der Waals surface area (Å²) in [5.41, 5.74) is 0. The zero-order valence-corrected chi connectivity index (χ0v) is 9.71. The van der Waals surface area contributed by atoms with Gasteiger partial charge in [0, 0.05) is 12.6 Å². The first kappa shape index (κ1) is 12.6. The minimum absolute atomic E-state index is 0.167. The van der Waals surface area contributed by atoms with Gasteiger partial charge in [-0.05, 0) is 25.0 Å². The van der Waals surface area contributed by atoms with Gasteiger partial charge >= 0.3 is 0 Å². The molecule has 0 aliphatic heterocycles. The van der Waals surface area contributed by atoms with Crippen molar-refractivity contribution < 1.29 is 19.4 Å². The van der Waals surface area contributed by atoms with E-state index in [0.29, 0.717) is 19.2 Å². The van der Waals surface area contributed by atoms with Gasteiger partial charge in [-0.3, -0.25) is 0 Å². The number of aliphatic hydroxyl groups excluding tert-OH is 2. The number of aliphatic hydroxyl groups is 2. The van der Waals surface area contributed by atoms with Crippen molar-refractivity contribution in [1.82, 2.24) is 5.32 Å². The standard InChI is InChI=1S/C12H19NO4/c14-10-4-9(5-10)13-6-11(15)7-16-8-12-2-1-3-17-12/h1-3,9-11,13-15H,4-8H2. The molecule has 3 N–H and O–H groups in total. The second-order valence-corrected chi connectivity index (χ2v) is 4.48. The predicted octanol–water partition coefficient (Wildman–Crippen LogP) is 0.270. The van der Waals surface area contributed by atoms with Crippen LogP contribution < -0.4 is 5.32 Å². The van der Waals surface area contributed by atoms with Crippen molar-refractivity contribution >= 4 is 0 Å². The molecule has 0 aromatic carbocycles. The van der Waals surface area contributed by atoms with Gasteiger partial charge in [0.05, 0.1) is 25.1 Å². The van der Waals surface area contributed by atoms with Crippen molar-refractivity contribution in [3.8, 4) is 0 Å². The Hall–Kier alpha value is -0.880. The first-order valence-electron chi connectivity index (χ1n) is 5.93. The van der Waals surface area contributed by atoms with Crippen molar-refractivity contribution in [1.29, 1.82) is 0 Å². The van der Waals surface area contributed by atoms with Crippen LogP contribution in [0.3, 0.4) is 0 Å². The number of furan rings is 1. The van der Waals surface area contributed by atoms with Crippen LogP contribution in [0.4, 0.5) is 0 Å². The van der Waals surface area contributed by atoms with Gasteiger partial charge in [-0.1, -0.05) is 0 Å². The first-order valence-corrected chi connectivity index (χ1v) is 5.93. The third-order valence-electron chi connectivity index (χ3n) is 2.89. The molecule has 1 atom stereocenters. The minimum Gasteiger partial charge on any atom is -0.467 e. The Labute approximate surface area is 100 Å². The summed E-state index contributed by atoms with van der Waals surface area (Å²) >= 11 is 0. The van der Waals surface area contributed by atoms with E-state index in [9.17, 15) is 5.11 Å². The molecule has 1 saturated carbocycles. The average molecular weight is 241 g/mol. The summed E-state index contributed by atoms with van der Waals surface area (Å²) in [4.78, 5) is 0. The second-order valence-electron chi connectivity index (χ2n) is 4.48. The lowest BCUT2D eigenvalue weighted by atomic mass is 9.89. The zero-order chi connectivity index (χ0) is 12.1. The fourth-order valence-electron chi connectivity index (χ4n) is 1.81. The molecule has 1 aromatic rings. The Morgan fingerprint density at radius 2 is 2.35 bits per heavy atom. The van der Waals surface area contributed by atoms with E-state index in [1.807, 2.05) is 6.07 Å². The number of ether oxygens (including phenoxy) is 1. The molecule has 0 amide bonds. The smallest absolute Gasteiger partial charge is 0.129 e. The highest BCUT2D eigenvalue weighted by Crippen LogP contribution is 2.18. The van der Waals surface area contributed by atoms with E-state index in [2.05, 4.69) is 5.32 Å². The topological polar surface area (TPSA) is 74.9 Å². The molecule has 96 valence electrons. The van der Waals surface area contributed by atoms with Crippen molar-refractivity contribution in [3.05, 3.63) is 24.2 Å². The van der Waals surface area contributed by atoms with E-state index in [1.165, 1.54) is 0 Å². The summed E-state index contributed by atoms with van der Waals surface area (Å²) in [7, 11) is 0. The maximum absolute atomic E-state index is 9.63. The van der Waals surface area contributed by atoms with E-state index >= 15 is 0 Å². The van der Waals surface area contributed by atoms with Crippen molar-refractivity contribution in [3.63, 3.8) is 0 Å². The molecular weight excluding hydrogens is 222 g/mol. The minimum atomic E-state index is -0.525. The molecule has 1 aliphatic rings. The number of rotatable bonds is 7. The molecule has 0 bridgehead atoms. The van der Waals surface area contributed by atoms with Crippen LogP contribution in [-0.4, -0.2) is 41.6 Å². The van der Waals surface area contributed by atoms with Gasteiger partial charge < -0.3 is 24.7 Å². The molecule has 0 spiro atoms. The molecule has 1 unspecified atom stereocenters. The lowest BCUT2D eigenvalue weighted by Gasteiger charge is -2.32. The van der Waals surface area contributed by atoms with Crippen LogP contribution in [0.1, 0.15) is 18.6 Å². The molecular formula is C12H19NO4. The molecule has 5 heteroatoms. The first-order chi connectivity index (χ1) is 8.24. The van der Waals surface area contributed by atoms with Gasteiger partial charge in [0.25, 0.3) is 0 Å². The van der Waals surface area contributed by atoms with Gasteiger partial charge in [-0.2, -0.15) is 0 Å². The normalized spacial score (nSPS) is 25.5. The summed E-state index contributed by atoms with van der Waals surface area (Å²) < 4.78 is 10.4. The summed E-state index contributed by atoms with van der Waals surface area (Å²) in [6, 6.07) is 3.98. The van der Waals surface area contributed by atoms with Gasteiger partial charge in [0.15, 0.2) is 0 Å². The number of hydrogen-bond donors (Lipinski definition) is 3. The highest BCUT2D eigenvalue weighted by Gasteiger charge is 2.26. The highest BCUT2D eigenvalue weighted by atomic mass is 16.5. The largest absolute Gasteiger partial charge is 0.467 e. The third kappa shape index (κ3) is 4.12. The lowest BCUT2D eigenvalue weighted by Crippen LogP contribution is -2.47. The van der Waals surface area contributed by atoms with Gasteiger partial charge in [0.2, 0.25) is 0 Å². The molecule has 1 heterocycles. The molecule has 17 heavy (non-hydrogen) atoms. The maximum Gasteiger partial charge on any atom is 0.129 e. The van der Waals surface area contributed by atoms with Gasteiger partial charge in [0.1, 0.15) is 12.4 Å². The zero-order valence-electron chi connectivity index (χ0n) is 9.71. The van der Waals surface area contributed by atoms with E-state index in [-0.39, 0.29) is 12.7 Å². The van der Waals surface area contributed by atoms with Crippen molar-refractivity contribution in [2.75, 3.05) is 13.2 Å². The molecule has 0 radical (unpaired) electrons. The van der Waals surface area contributed by atoms with Crippen LogP contribution in [0.25, 0.3) is 0 Å². The second kappa shape index (κ2) is 6.16. The molecule has 0 saturated heterocycles. The number of hydrogen-bond acceptors (Lipinski definition) is 5. The Morgan fingerprint density at radius 3 is 3.00 bits per heavy atom. The van der Waals surface area contributed by atoms with Gasteiger partial charge in [-0.15, -0.1) is 0 Å². The Kier molecular flexibility index (Phi) is 4.56. The third-order valence-corrected chi connectivity index (χ3v) is 2.89. The Morgan fingerprint density at radius 1 is 1.53 bits per heavy atom. The average Bonchev–Trinajstić information content (AvgIpc) is 2.76. The van der Waals surface area contributed by atoms with E-state index in [1.54, 1.807) is 12.3 Å². The maximum atomic E-state index is 9.63. The quantitative estimate of drug-likeness (QED) is 0.639. The fraction of sp³-hybridized carbons (Fsp3) is 0.667. The van der Waals surface area contributed by atoms with Crippen LogP contribution in [0.2, 0.25) is 0 Å². The van der Waals surface area contributed by atoms with Crippen LogP contribution in [0.15, 0.2) is 22.8 Å². The predicted molar refractivity (Wildman–Crippen MR) is 61.4 cm³/mol. The van der Waals surface area contributed by atoms with Crippen LogP contribution in [0.5, 0.6) is 0 Å². The Bertz CT molecular complexity index is 308. The molecule has 2 rings (SSSR count). The van der Waals surface area contributed by atoms with Crippen LogP contribution in [-0.2, 0) is 11.3 Å². The summed E-state index contributed by atoms with van der Waals surface area (Å²) in [5.74, 6) is 0.757. The fourth-order valence-corrected chi connectivity index (χ4v) is 1.81.